The first kappa shape index (κ1) is 25.2. The fourth-order valence-electron chi connectivity index (χ4n) is 3.35. The molecule has 3 N–H and O–H groups in total. The maximum atomic E-state index is 12.1. The first-order valence-corrected chi connectivity index (χ1v) is 11.2. The van der Waals surface area contributed by atoms with Crippen molar-refractivity contribution in [1.29, 1.82) is 0 Å². The molecular formula is C27H35NO4. The van der Waals surface area contributed by atoms with E-state index in [2.05, 4.69) is 0 Å². The van der Waals surface area contributed by atoms with Gasteiger partial charge in [-0.15, -0.1) is 0 Å². The molecule has 2 aromatic rings. The van der Waals surface area contributed by atoms with Crippen LogP contribution in [-0.2, 0) is 22.5 Å². The number of carbonyl (C=O) groups excluding carboxylic acids is 1. The summed E-state index contributed by atoms with van der Waals surface area (Å²) in [5.41, 5.74) is 11.3. The zero-order valence-electron chi connectivity index (χ0n) is 19.8. The SMILES string of the molecule is CCOC(=O)Cc1cc(C)c(C)cc1O/C(=C/C(=C(/O)CC)c1cccc(CN)c1)CC. The summed E-state index contributed by atoms with van der Waals surface area (Å²) in [7, 11) is 0. The molecule has 0 saturated heterocycles. The lowest BCUT2D eigenvalue weighted by molar-refractivity contribution is -0.142. The van der Waals surface area contributed by atoms with Crippen LogP contribution in [0.15, 0.2) is 54.0 Å². The first-order valence-electron chi connectivity index (χ1n) is 11.2. The maximum absolute atomic E-state index is 12.1. The van der Waals surface area contributed by atoms with Crippen LogP contribution in [0.5, 0.6) is 5.75 Å². The second-order valence-electron chi connectivity index (χ2n) is 7.71. The van der Waals surface area contributed by atoms with E-state index in [4.69, 9.17) is 15.2 Å². The number of hydrogen-bond acceptors (Lipinski definition) is 5. The number of esters is 1. The van der Waals surface area contributed by atoms with Crippen LogP contribution in [0.1, 0.15) is 61.4 Å². The molecule has 2 rings (SSSR count). The topological polar surface area (TPSA) is 81.8 Å². The van der Waals surface area contributed by atoms with E-state index in [1.54, 1.807) is 6.92 Å². The first-order chi connectivity index (χ1) is 15.3. The Labute approximate surface area is 191 Å². The van der Waals surface area contributed by atoms with Crippen LogP contribution in [0.4, 0.5) is 0 Å². The van der Waals surface area contributed by atoms with Gasteiger partial charge in [-0.05, 0) is 61.2 Å². The van der Waals surface area contributed by atoms with E-state index in [0.717, 1.165) is 27.8 Å². The van der Waals surface area contributed by atoms with Crippen LogP contribution < -0.4 is 10.5 Å². The number of hydrogen-bond donors (Lipinski definition) is 2. The quantitative estimate of drug-likeness (QED) is 0.274. The summed E-state index contributed by atoms with van der Waals surface area (Å²) in [6, 6.07) is 11.7. The van der Waals surface area contributed by atoms with Gasteiger partial charge >= 0.3 is 5.97 Å². The van der Waals surface area contributed by atoms with Gasteiger partial charge in [0.25, 0.3) is 0 Å². The summed E-state index contributed by atoms with van der Waals surface area (Å²) >= 11 is 0. The van der Waals surface area contributed by atoms with Gasteiger partial charge in [0, 0.05) is 30.5 Å². The van der Waals surface area contributed by atoms with E-state index in [0.29, 0.717) is 43.1 Å². The average Bonchev–Trinajstić information content (AvgIpc) is 2.79. The molecule has 5 heteroatoms. The van der Waals surface area contributed by atoms with Crippen LogP contribution in [0.3, 0.4) is 0 Å². The Morgan fingerprint density at radius 2 is 1.78 bits per heavy atom. The summed E-state index contributed by atoms with van der Waals surface area (Å²) in [6.45, 7) is 10.5. The van der Waals surface area contributed by atoms with Gasteiger partial charge in [0.15, 0.2) is 0 Å². The second-order valence-corrected chi connectivity index (χ2v) is 7.71. The Kier molecular flexibility index (Phi) is 9.54. The molecule has 0 saturated carbocycles. The molecular weight excluding hydrogens is 402 g/mol. The minimum atomic E-state index is -0.287. The monoisotopic (exact) mass is 437 g/mol. The van der Waals surface area contributed by atoms with Gasteiger partial charge in [-0.25, -0.2) is 0 Å². The molecule has 172 valence electrons. The lowest BCUT2D eigenvalue weighted by atomic mass is 9.99. The van der Waals surface area contributed by atoms with Crippen molar-refractivity contribution in [3.8, 4) is 5.75 Å². The highest BCUT2D eigenvalue weighted by Gasteiger charge is 2.15. The third-order valence-electron chi connectivity index (χ3n) is 5.33. The fraction of sp³-hybridized carbons (Fsp3) is 0.370. The molecule has 0 heterocycles. The Morgan fingerprint density at radius 1 is 1.06 bits per heavy atom. The molecule has 0 aromatic heterocycles. The van der Waals surface area contributed by atoms with E-state index in [-0.39, 0.29) is 18.1 Å². The third-order valence-corrected chi connectivity index (χ3v) is 5.33. The third kappa shape index (κ3) is 6.72. The highest BCUT2D eigenvalue weighted by atomic mass is 16.5. The van der Waals surface area contributed by atoms with E-state index in [1.807, 2.05) is 70.2 Å². The zero-order chi connectivity index (χ0) is 23.7. The van der Waals surface area contributed by atoms with Gasteiger partial charge in [0.05, 0.1) is 18.8 Å². The summed E-state index contributed by atoms with van der Waals surface area (Å²) < 4.78 is 11.4. The summed E-state index contributed by atoms with van der Waals surface area (Å²) in [6.07, 6.45) is 3.12. The van der Waals surface area contributed by atoms with Crippen molar-refractivity contribution in [2.45, 2.75) is 60.4 Å². The van der Waals surface area contributed by atoms with Crippen molar-refractivity contribution in [3.63, 3.8) is 0 Å². The van der Waals surface area contributed by atoms with Crippen molar-refractivity contribution >= 4 is 11.5 Å². The predicted molar refractivity (Wildman–Crippen MR) is 129 cm³/mol. The van der Waals surface area contributed by atoms with Gasteiger partial charge in [0.1, 0.15) is 11.5 Å². The maximum Gasteiger partial charge on any atom is 0.310 e. The molecule has 0 bridgehead atoms. The fourth-order valence-corrected chi connectivity index (χ4v) is 3.35. The van der Waals surface area contributed by atoms with Gasteiger partial charge in [-0.2, -0.15) is 0 Å². The van der Waals surface area contributed by atoms with E-state index in [1.165, 1.54) is 0 Å². The zero-order valence-corrected chi connectivity index (χ0v) is 19.8. The largest absolute Gasteiger partial charge is 0.512 e. The molecule has 2 aromatic carbocycles. The number of ether oxygens (including phenoxy) is 2. The molecule has 0 unspecified atom stereocenters. The lowest BCUT2D eigenvalue weighted by Gasteiger charge is -2.16. The molecule has 0 aliphatic carbocycles. The number of benzene rings is 2. The van der Waals surface area contributed by atoms with Crippen molar-refractivity contribution in [3.05, 3.63) is 81.8 Å². The molecule has 0 spiro atoms. The molecule has 0 radical (unpaired) electrons. The molecule has 0 atom stereocenters. The average molecular weight is 438 g/mol. The number of carbonyl (C=O) groups is 1. The van der Waals surface area contributed by atoms with Crippen molar-refractivity contribution in [1.82, 2.24) is 0 Å². The Hall–Kier alpha value is -3.05. The molecule has 0 fully saturated rings. The highest BCUT2D eigenvalue weighted by molar-refractivity contribution is 5.76. The van der Waals surface area contributed by atoms with Crippen molar-refractivity contribution in [2.24, 2.45) is 5.73 Å². The number of rotatable bonds is 10. The molecule has 0 aliphatic heterocycles. The van der Waals surface area contributed by atoms with Crippen LogP contribution >= 0.6 is 0 Å². The van der Waals surface area contributed by atoms with E-state index in [9.17, 15) is 9.90 Å². The van der Waals surface area contributed by atoms with E-state index >= 15 is 0 Å². The smallest absolute Gasteiger partial charge is 0.310 e. The van der Waals surface area contributed by atoms with Crippen LogP contribution in [-0.4, -0.2) is 17.7 Å². The van der Waals surface area contributed by atoms with Crippen molar-refractivity contribution < 1.29 is 19.4 Å². The Morgan fingerprint density at radius 3 is 2.41 bits per heavy atom. The number of allylic oxidation sites excluding steroid dienone is 4. The minimum Gasteiger partial charge on any atom is -0.512 e. The minimum absolute atomic E-state index is 0.142. The molecule has 0 aliphatic rings. The number of aliphatic hydroxyl groups excluding tert-OH is 1. The van der Waals surface area contributed by atoms with Gasteiger partial charge in [0.2, 0.25) is 0 Å². The molecule has 32 heavy (non-hydrogen) atoms. The summed E-state index contributed by atoms with van der Waals surface area (Å²) in [4.78, 5) is 12.1. The Bertz CT molecular complexity index is 1000. The van der Waals surface area contributed by atoms with Gasteiger partial charge < -0.3 is 20.3 Å². The normalized spacial score (nSPS) is 12.4. The number of aliphatic hydroxyl groups is 1. The number of nitrogens with two attached hydrogens (primary N) is 1. The van der Waals surface area contributed by atoms with Crippen LogP contribution in [0, 0.1) is 13.8 Å². The van der Waals surface area contributed by atoms with Gasteiger partial charge in [-0.3, -0.25) is 4.79 Å². The highest BCUT2D eigenvalue weighted by Crippen LogP contribution is 2.29. The van der Waals surface area contributed by atoms with Crippen LogP contribution in [0.25, 0.3) is 5.57 Å². The standard InChI is InChI=1S/C27H35NO4/c1-6-23(16-24(25(29)7-2)21-11-9-10-20(14-21)17-28)32-26-13-19(5)18(4)12-22(26)15-27(30)31-8-3/h9-14,16,29H,6-8,15,17,28H2,1-5H3/b23-16+,25-24-. The number of aryl methyl sites for hydroxylation is 2. The molecule has 5 nitrogen and oxygen atoms in total. The summed E-state index contributed by atoms with van der Waals surface area (Å²) in [5, 5.41) is 10.6. The van der Waals surface area contributed by atoms with Gasteiger partial charge in [-0.1, -0.05) is 38.1 Å². The van der Waals surface area contributed by atoms with Crippen LogP contribution in [0.2, 0.25) is 0 Å². The predicted octanol–water partition coefficient (Wildman–Crippen LogP) is 5.92. The molecule has 0 amide bonds. The van der Waals surface area contributed by atoms with E-state index < -0.39 is 0 Å². The lowest BCUT2D eigenvalue weighted by Crippen LogP contribution is -2.10. The summed E-state index contributed by atoms with van der Waals surface area (Å²) in [5.74, 6) is 1.30. The second kappa shape index (κ2) is 12.1. The van der Waals surface area contributed by atoms with Crippen molar-refractivity contribution in [2.75, 3.05) is 6.61 Å². The Balaban J connectivity index is 2.48.